The lowest BCUT2D eigenvalue weighted by Crippen LogP contribution is -2.39. The molecule has 0 bridgehead atoms. The molecular weight excluding hydrogens is 308 g/mol. The van der Waals surface area contributed by atoms with Crippen molar-refractivity contribution in [3.8, 4) is 0 Å². The zero-order valence-corrected chi connectivity index (χ0v) is 15.5. The predicted octanol–water partition coefficient (Wildman–Crippen LogP) is 2.13. The van der Waals surface area contributed by atoms with Crippen molar-refractivity contribution in [2.75, 3.05) is 0 Å². The monoisotopic (exact) mass is 342 g/mol. The molecule has 1 aliphatic carbocycles. The van der Waals surface area contributed by atoms with Gasteiger partial charge in [-0.1, -0.05) is 27.7 Å². The molecule has 0 saturated heterocycles. The summed E-state index contributed by atoms with van der Waals surface area (Å²) in [6, 6.07) is -1.12. The second kappa shape index (κ2) is 9.99. The van der Waals surface area contributed by atoms with E-state index in [1.165, 1.54) is 0 Å². The number of carbonyl (C=O) groups excluding carboxylic acids is 2. The van der Waals surface area contributed by atoms with Crippen LogP contribution in [0.15, 0.2) is 0 Å². The first-order valence-corrected chi connectivity index (χ1v) is 9.11. The molecule has 0 aliphatic heterocycles. The van der Waals surface area contributed by atoms with Crippen LogP contribution in [0, 0.1) is 11.8 Å². The standard InChI is InChI=1S/C18H34N2O4/c1-11(2)9-15(19)17(21)23-13-5-7-14(8-6-13)24-18(22)16(20)10-12(3)4/h11-16H,5-10,19-20H2,1-4H3. The molecule has 4 N–H and O–H groups in total. The summed E-state index contributed by atoms with van der Waals surface area (Å²) in [6.45, 7) is 8.10. The van der Waals surface area contributed by atoms with Crippen LogP contribution in [-0.4, -0.2) is 36.2 Å². The van der Waals surface area contributed by atoms with Gasteiger partial charge in [-0.2, -0.15) is 0 Å². The molecule has 1 rings (SSSR count). The van der Waals surface area contributed by atoms with Crippen LogP contribution in [0.5, 0.6) is 0 Å². The molecule has 0 amide bonds. The van der Waals surface area contributed by atoms with Gasteiger partial charge in [-0.25, -0.2) is 0 Å². The van der Waals surface area contributed by atoms with Crippen LogP contribution in [0.4, 0.5) is 0 Å². The summed E-state index contributed by atoms with van der Waals surface area (Å²) in [5.74, 6) is 0.0571. The minimum atomic E-state index is -0.561. The highest BCUT2D eigenvalue weighted by Crippen LogP contribution is 2.24. The van der Waals surface area contributed by atoms with Gasteiger partial charge in [-0.15, -0.1) is 0 Å². The molecule has 6 nitrogen and oxygen atoms in total. The van der Waals surface area contributed by atoms with Crippen molar-refractivity contribution >= 4 is 11.9 Å². The van der Waals surface area contributed by atoms with E-state index >= 15 is 0 Å². The number of nitrogens with two attached hydrogens (primary N) is 2. The Morgan fingerprint density at radius 2 is 1.08 bits per heavy atom. The molecule has 6 heteroatoms. The zero-order valence-electron chi connectivity index (χ0n) is 15.5. The van der Waals surface area contributed by atoms with E-state index < -0.39 is 12.1 Å². The number of hydrogen-bond acceptors (Lipinski definition) is 6. The summed E-state index contributed by atoms with van der Waals surface area (Å²) in [7, 11) is 0. The van der Waals surface area contributed by atoms with Gasteiger partial charge in [0.25, 0.3) is 0 Å². The van der Waals surface area contributed by atoms with Crippen molar-refractivity contribution in [1.82, 2.24) is 0 Å². The fraction of sp³-hybridized carbons (Fsp3) is 0.889. The Kier molecular flexibility index (Phi) is 8.70. The van der Waals surface area contributed by atoms with Gasteiger partial charge >= 0.3 is 11.9 Å². The van der Waals surface area contributed by atoms with E-state index in [-0.39, 0.29) is 24.1 Å². The van der Waals surface area contributed by atoms with E-state index in [9.17, 15) is 9.59 Å². The third-order valence-electron chi connectivity index (χ3n) is 4.24. The highest BCUT2D eigenvalue weighted by molar-refractivity contribution is 5.76. The molecule has 140 valence electrons. The highest BCUT2D eigenvalue weighted by atomic mass is 16.6. The third-order valence-corrected chi connectivity index (χ3v) is 4.24. The Morgan fingerprint density at radius 3 is 1.33 bits per heavy atom. The maximum absolute atomic E-state index is 11.9. The summed E-state index contributed by atoms with van der Waals surface area (Å²) in [5, 5.41) is 0. The number of ether oxygens (including phenoxy) is 2. The number of carbonyl (C=O) groups is 2. The lowest BCUT2D eigenvalue weighted by molar-refractivity contribution is -0.160. The first kappa shape index (κ1) is 20.9. The first-order valence-electron chi connectivity index (χ1n) is 9.11. The Balaban J connectivity index is 2.31. The van der Waals surface area contributed by atoms with Crippen LogP contribution in [-0.2, 0) is 19.1 Å². The fourth-order valence-corrected chi connectivity index (χ4v) is 2.98. The van der Waals surface area contributed by atoms with Crippen molar-refractivity contribution in [2.45, 2.75) is 90.5 Å². The van der Waals surface area contributed by atoms with Crippen molar-refractivity contribution < 1.29 is 19.1 Å². The van der Waals surface area contributed by atoms with E-state index in [2.05, 4.69) is 0 Å². The molecule has 0 aromatic heterocycles. The molecule has 0 radical (unpaired) electrons. The summed E-state index contributed by atoms with van der Waals surface area (Å²) >= 11 is 0. The Hall–Kier alpha value is -1.14. The van der Waals surface area contributed by atoms with Gasteiger partial charge in [0.1, 0.15) is 24.3 Å². The van der Waals surface area contributed by atoms with E-state index in [4.69, 9.17) is 20.9 Å². The lowest BCUT2D eigenvalue weighted by atomic mass is 9.94. The molecular formula is C18H34N2O4. The smallest absolute Gasteiger partial charge is 0.323 e. The van der Waals surface area contributed by atoms with Gasteiger partial charge in [-0.3, -0.25) is 9.59 Å². The number of rotatable bonds is 8. The van der Waals surface area contributed by atoms with E-state index in [0.717, 1.165) is 0 Å². The Labute approximate surface area is 145 Å². The molecule has 2 atom stereocenters. The van der Waals surface area contributed by atoms with E-state index in [0.29, 0.717) is 50.4 Å². The predicted molar refractivity (Wildman–Crippen MR) is 93.1 cm³/mol. The van der Waals surface area contributed by atoms with Crippen molar-refractivity contribution in [2.24, 2.45) is 23.3 Å². The minimum Gasteiger partial charge on any atom is -0.461 e. The Morgan fingerprint density at radius 1 is 0.792 bits per heavy atom. The summed E-state index contributed by atoms with van der Waals surface area (Å²) in [5.41, 5.74) is 11.7. The molecule has 0 spiro atoms. The van der Waals surface area contributed by atoms with Crippen molar-refractivity contribution in [3.63, 3.8) is 0 Å². The third kappa shape index (κ3) is 7.62. The average Bonchev–Trinajstić information content (AvgIpc) is 2.47. The molecule has 24 heavy (non-hydrogen) atoms. The molecule has 0 heterocycles. The summed E-state index contributed by atoms with van der Waals surface area (Å²) < 4.78 is 11.0. The normalized spacial score (nSPS) is 23.8. The first-order chi connectivity index (χ1) is 11.2. The zero-order chi connectivity index (χ0) is 18.3. The quantitative estimate of drug-likeness (QED) is 0.655. The summed E-state index contributed by atoms with van der Waals surface area (Å²) in [6.07, 6.45) is 3.76. The van der Waals surface area contributed by atoms with E-state index in [1.54, 1.807) is 0 Å². The van der Waals surface area contributed by atoms with Gasteiger partial charge in [-0.05, 0) is 50.4 Å². The molecule has 2 unspecified atom stereocenters. The van der Waals surface area contributed by atoms with Crippen LogP contribution < -0.4 is 11.5 Å². The van der Waals surface area contributed by atoms with Crippen LogP contribution in [0.3, 0.4) is 0 Å². The van der Waals surface area contributed by atoms with Crippen molar-refractivity contribution in [3.05, 3.63) is 0 Å². The van der Waals surface area contributed by atoms with Crippen LogP contribution in [0.2, 0.25) is 0 Å². The van der Waals surface area contributed by atoms with Gasteiger partial charge in [0, 0.05) is 0 Å². The Bertz CT molecular complexity index is 366. The number of hydrogen-bond donors (Lipinski definition) is 2. The van der Waals surface area contributed by atoms with Crippen LogP contribution >= 0.6 is 0 Å². The largest absolute Gasteiger partial charge is 0.461 e. The maximum atomic E-state index is 11.9. The molecule has 0 aromatic rings. The van der Waals surface area contributed by atoms with Crippen molar-refractivity contribution in [1.29, 1.82) is 0 Å². The van der Waals surface area contributed by atoms with Gasteiger partial charge < -0.3 is 20.9 Å². The molecule has 1 aliphatic rings. The van der Waals surface area contributed by atoms with Gasteiger partial charge in [0.05, 0.1) is 0 Å². The minimum absolute atomic E-state index is 0.130. The topological polar surface area (TPSA) is 105 Å². The SMILES string of the molecule is CC(C)CC(N)C(=O)OC1CCC(OC(=O)C(N)CC(C)C)CC1. The molecule has 0 aromatic carbocycles. The molecule has 1 fully saturated rings. The van der Waals surface area contributed by atoms with Crippen LogP contribution in [0.1, 0.15) is 66.2 Å². The van der Waals surface area contributed by atoms with Crippen LogP contribution in [0.25, 0.3) is 0 Å². The van der Waals surface area contributed by atoms with Gasteiger partial charge in [0.2, 0.25) is 0 Å². The fourth-order valence-electron chi connectivity index (χ4n) is 2.98. The van der Waals surface area contributed by atoms with Gasteiger partial charge in [0.15, 0.2) is 0 Å². The highest BCUT2D eigenvalue weighted by Gasteiger charge is 2.29. The van der Waals surface area contributed by atoms with E-state index in [1.807, 2.05) is 27.7 Å². The maximum Gasteiger partial charge on any atom is 0.323 e. The second-order valence-electron chi connectivity index (χ2n) is 7.74. The average molecular weight is 342 g/mol. The number of esters is 2. The summed E-state index contributed by atoms with van der Waals surface area (Å²) in [4.78, 5) is 23.9. The lowest BCUT2D eigenvalue weighted by Gasteiger charge is -2.29. The molecule has 1 saturated carbocycles. The second-order valence-corrected chi connectivity index (χ2v) is 7.74.